The second kappa shape index (κ2) is 8.49. The van der Waals surface area contributed by atoms with Crippen molar-refractivity contribution in [2.45, 2.75) is 6.54 Å². The highest BCUT2D eigenvalue weighted by Gasteiger charge is 2.05. The van der Waals surface area contributed by atoms with Crippen molar-refractivity contribution < 1.29 is 19.0 Å². The van der Waals surface area contributed by atoms with E-state index >= 15 is 0 Å². The predicted octanol–water partition coefficient (Wildman–Crippen LogP) is 0.974. The monoisotopic (exact) mass is 253 g/mol. The fourth-order valence-electron chi connectivity index (χ4n) is 1.38. The highest BCUT2D eigenvalue weighted by Crippen LogP contribution is 2.17. The summed E-state index contributed by atoms with van der Waals surface area (Å²) in [5.41, 5.74) is 0.998. The van der Waals surface area contributed by atoms with Gasteiger partial charge in [-0.3, -0.25) is 0 Å². The maximum atomic E-state index is 11.0. The first-order chi connectivity index (χ1) is 8.77. The van der Waals surface area contributed by atoms with Gasteiger partial charge in [-0.2, -0.15) is 0 Å². The van der Waals surface area contributed by atoms with E-state index in [1.165, 1.54) is 7.11 Å². The summed E-state index contributed by atoms with van der Waals surface area (Å²) in [4.78, 5) is 11.0. The van der Waals surface area contributed by atoms with Crippen LogP contribution in [-0.4, -0.2) is 39.9 Å². The van der Waals surface area contributed by atoms with Gasteiger partial charge in [-0.25, -0.2) is 4.79 Å². The molecule has 0 aliphatic heterocycles. The first-order valence-electron chi connectivity index (χ1n) is 5.75. The van der Waals surface area contributed by atoms with E-state index in [0.717, 1.165) is 12.1 Å². The minimum Gasteiger partial charge on any atom is -0.482 e. The SMILES string of the molecule is COCCNCc1ccccc1OCC(=O)OC. The molecule has 0 radical (unpaired) electrons. The molecule has 1 aromatic carbocycles. The number of esters is 1. The van der Waals surface area contributed by atoms with E-state index in [1.807, 2.05) is 24.3 Å². The Balaban J connectivity index is 2.48. The number of carbonyl (C=O) groups is 1. The number of para-hydroxylation sites is 1. The van der Waals surface area contributed by atoms with Gasteiger partial charge in [0.05, 0.1) is 13.7 Å². The van der Waals surface area contributed by atoms with Gasteiger partial charge in [0.25, 0.3) is 0 Å². The Labute approximate surface area is 107 Å². The fraction of sp³-hybridized carbons (Fsp3) is 0.462. The summed E-state index contributed by atoms with van der Waals surface area (Å²) in [6, 6.07) is 7.58. The zero-order valence-electron chi connectivity index (χ0n) is 10.8. The van der Waals surface area contributed by atoms with E-state index in [-0.39, 0.29) is 6.61 Å². The standard InChI is InChI=1S/C13H19NO4/c1-16-8-7-14-9-11-5-3-4-6-12(11)18-10-13(15)17-2/h3-6,14H,7-10H2,1-2H3. The molecular formula is C13H19NO4. The van der Waals surface area contributed by atoms with Gasteiger partial charge in [0.15, 0.2) is 6.61 Å². The van der Waals surface area contributed by atoms with Crippen LogP contribution in [0.25, 0.3) is 0 Å². The van der Waals surface area contributed by atoms with Crippen LogP contribution in [0, 0.1) is 0 Å². The van der Waals surface area contributed by atoms with E-state index in [9.17, 15) is 4.79 Å². The number of rotatable bonds is 8. The van der Waals surface area contributed by atoms with Crippen LogP contribution < -0.4 is 10.1 Å². The third-order valence-electron chi connectivity index (χ3n) is 2.34. The number of nitrogens with one attached hydrogen (secondary N) is 1. The summed E-state index contributed by atoms with van der Waals surface area (Å²) in [6.45, 7) is 2.01. The topological polar surface area (TPSA) is 56.8 Å². The van der Waals surface area contributed by atoms with E-state index < -0.39 is 5.97 Å². The molecule has 0 saturated carbocycles. The molecule has 0 spiro atoms. The van der Waals surface area contributed by atoms with Gasteiger partial charge in [-0.1, -0.05) is 18.2 Å². The number of ether oxygens (including phenoxy) is 3. The number of hydrogen-bond acceptors (Lipinski definition) is 5. The molecule has 0 bridgehead atoms. The molecule has 0 atom stereocenters. The summed E-state index contributed by atoms with van der Waals surface area (Å²) in [6.07, 6.45) is 0. The molecule has 0 saturated heterocycles. The number of benzene rings is 1. The van der Waals surface area contributed by atoms with Gasteiger partial charge in [-0.05, 0) is 6.07 Å². The highest BCUT2D eigenvalue weighted by atomic mass is 16.6. The van der Waals surface area contributed by atoms with Crippen LogP contribution in [0.4, 0.5) is 0 Å². The minimum absolute atomic E-state index is 0.0778. The van der Waals surface area contributed by atoms with Crippen LogP contribution in [-0.2, 0) is 20.8 Å². The molecule has 0 aliphatic rings. The Bertz CT molecular complexity index is 368. The lowest BCUT2D eigenvalue weighted by Crippen LogP contribution is -2.19. The maximum absolute atomic E-state index is 11.0. The number of carbonyl (C=O) groups excluding carboxylic acids is 1. The molecule has 5 nitrogen and oxygen atoms in total. The van der Waals surface area contributed by atoms with Crippen molar-refractivity contribution in [1.29, 1.82) is 0 Å². The zero-order chi connectivity index (χ0) is 13.2. The maximum Gasteiger partial charge on any atom is 0.343 e. The molecule has 0 unspecified atom stereocenters. The van der Waals surface area contributed by atoms with Gasteiger partial charge in [0, 0.05) is 25.8 Å². The molecule has 0 aliphatic carbocycles. The van der Waals surface area contributed by atoms with Gasteiger partial charge in [-0.15, -0.1) is 0 Å². The van der Waals surface area contributed by atoms with Crippen LogP contribution in [0.3, 0.4) is 0 Å². The molecule has 100 valence electrons. The van der Waals surface area contributed by atoms with Gasteiger partial charge in [0.2, 0.25) is 0 Å². The van der Waals surface area contributed by atoms with Crippen LogP contribution >= 0.6 is 0 Å². The van der Waals surface area contributed by atoms with Gasteiger partial charge < -0.3 is 19.5 Å². The second-order valence-electron chi connectivity index (χ2n) is 3.64. The molecule has 1 rings (SSSR count). The molecule has 0 aromatic heterocycles. The summed E-state index contributed by atoms with van der Waals surface area (Å²) >= 11 is 0. The highest BCUT2D eigenvalue weighted by molar-refractivity contribution is 5.70. The minimum atomic E-state index is -0.392. The second-order valence-corrected chi connectivity index (χ2v) is 3.64. The fourth-order valence-corrected chi connectivity index (χ4v) is 1.38. The van der Waals surface area contributed by atoms with Crippen molar-refractivity contribution in [2.24, 2.45) is 0 Å². The predicted molar refractivity (Wildman–Crippen MR) is 67.5 cm³/mol. The van der Waals surface area contributed by atoms with Crippen molar-refractivity contribution in [1.82, 2.24) is 5.32 Å². The van der Waals surface area contributed by atoms with Gasteiger partial charge in [0.1, 0.15) is 5.75 Å². The Morgan fingerprint density at radius 2 is 2.06 bits per heavy atom. The smallest absolute Gasteiger partial charge is 0.343 e. The third kappa shape index (κ3) is 5.16. The van der Waals surface area contributed by atoms with Crippen molar-refractivity contribution in [3.05, 3.63) is 29.8 Å². The Morgan fingerprint density at radius 1 is 1.28 bits per heavy atom. The quantitative estimate of drug-likeness (QED) is 0.553. The Morgan fingerprint density at radius 3 is 2.78 bits per heavy atom. The summed E-state index contributed by atoms with van der Waals surface area (Å²) in [7, 11) is 3.00. The molecular weight excluding hydrogens is 234 g/mol. The third-order valence-corrected chi connectivity index (χ3v) is 2.34. The van der Waals surface area contributed by atoms with Crippen molar-refractivity contribution in [2.75, 3.05) is 34.0 Å². The zero-order valence-corrected chi connectivity index (χ0v) is 10.8. The number of hydrogen-bond donors (Lipinski definition) is 1. The first kappa shape index (κ1) is 14.5. The van der Waals surface area contributed by atoms with E-state index in [1.54, 1.807) is 7.11 Å². The van der Waals surface area contributed by atoms with Gasteiger partial charge >= 0.3 is 5.97 Å². The van der Waals surface area contributed by atoms with Crippen molar-refractivity contribution >= 4 is 5.97 Å². The van der Waals surface area contributed by atoms with Crippen LogP contribution in [0.5, 0.6) is 5.75 Å². The molecule has 1 aromatic rings. The molecule has 18 heavy (non-hydrogen) atoms. The van der Waals surface area contributed by atoms with Crippen LogP contribution in [0.2, 0.25) is 0 Å². The van der Waals surface area contributed by atoms with Crippen molar-refractivity contribution in [3.63, 3.8) is 0 Å². The lowest BCUT2D eigenvalue weighted by Gasteiger charge is -2.11. The van der Waals surface area contributed by atoms with Crippen molar-refractivity contribution in [3.8, 4) is 5.75 Å². The van der Waals surface area contributed by atoms with E-state index in [2.05, 4.69) is 10.1 Å². The van der Waals surface area contributed by atoms with E-state index in [0.29, 0.717) is 18.9 Å². The Hall–Kier alpha value is -1.59. The van der Waals surface area contributed by atoms with Crippen LogP contribution in [0.1, 0.15) is 5.56 Å². The lowest BCUT2D eigenvalue weighted by atomic mass is 10.2. The summed E-state index contributed by atoms with van der Waals surface area (Å²) in [5.74, 6) is 0.296. The average molecular weight is 253 g/mol. The Kier molecular flexibility index (Phi) is 6.83. The summed E-state index contributed by atoms with van der Waals surface area (Å²) < 4.78 is 14.9. The molecule has 0 amide bonds. The first-order valence-corrected chi connectivity index (χ1v) is 5.75. The molecule has 1 N–H and O–H groups in total. The van der Waals surface area contributed by atoms with E-state index in [4.69, 9.17) is 9.47 Å². The average Bonchev–Trinajstić information content (AvgIpc) is 2.42. The molecule has 0 fully saturated rings. The lowest BCUT2D eigenvalue weighted by molar-refractivity contribution is -0.142. The molecule has 0 heterocycles. The molecule has 5 heteroatoms. The van der Waals surface area contributed by atoms with Crippen LogP contribution in [0.15, 0.2) is 24.3 Å². The largest absolute Gasteiger partial charge is 0.482 e. The normalized spacial score (nSPS) is 10.1. The summed E-state index contributed by atoms with van der Waals surface area (Å²) in [5, 5.41) is 3.22. The number of methoxy groups -OCH3 is 2.